The lowest BCUT2D eigenvalue weighted by molar-refractivity contribution is 0.0812. The molecule has 28 heavy (non-hydrogen) atoms. The van der Waals surface area contributed by atoms with Gasteiger partial charge in [-0.05, 0) is 37.6 Å². The summed E-state index contributed by atoms with van der Waals surface area (Å²) in [5.74, 6) is -0.915. The summed E-state index contributed by atoms with van der Waals surface area (Å²) in [6.45, 7) is 2.99. The fraction of sp³-hybridized carbons (Fsp3) is 0.316. The lowest BCUT2D eigenvalue weighted by Crippen LogP contribution is -2.31. The zero-order valence-electron chi connectivity index (χ0n) is 15.5. The molecule has 0 aliphatic rings. The van der Waals surface area contributed by atoms with Crippen LogP contribution in [0.15, 0.2) is 23.0 Å². The van der Waals surface area contributed by atoms with Gasteiger partial charge in [0.15, 0.2) is 6.10 Å². The molecular formula is C19H18Cl2N2O5. The fourth-order valence-electron chi connectivity index (χ4n) is 2.65. The van der Waals surface area contributed by atoms with E-state index in [0.29, 0.717) is 5.02 Å². The monoisotopic (exact) mass is 424 g/mol. The zero-order valence-corrected chi connectivity index (χ0v) is 17.0. The number of carbonyl (C=O) groups excluding carboxylic acids is 1. The second-order valence-electron chi connectivity index (χ2n) is 5.96. The molecule has 1 aromatic heterocycles. The minimum absolute atomic E-state index is 0.0192. The van der Waals surface area contributed by atoms with Gasteiger partial charge in [0.1, 0.15) is 17.4 Å². The summed E-state index contributed by atoms with van der Waals surface area (Å²) in [7, 11) is 1.43. The highest BCUT2D eigenvalue weighted by Crippen LogP contribution is 2.30. The number of pyridine rings is 1. The third-order valence-electron chi connectivity index (χ3n) is 4.13. The summed E-state index contributed by atoms with van der Waals surface area (Å²) < 4.78 is 11.5. The van der Waals surface area contributed by atoms with Gasteiger partial charge in [-0.2, -0.15) is 5.26 Å². The van der Waals surface area contributed by atoms with E-state index in [9.17, 15) is 20.0 Å². The van der Waals surface area contributed by atoms with Crippen molar-refractivity contribution >= 4 is 29.0 Å². The van der Waals surface area contributed by atoms with Crippen molar-refractivity contribution in [1.82, 2.24) is 4.57 Å². The smallest absolute Gasteiger partial charge is 0.271 e. The van der Waals surface area contributed by atoms with Gasteiger partial charge in [0.25, 0.3) is 5.56 Å². The van der Waals surface area contributed by atoms with Crippen LogP contribution in [0.5, 0.6) is 11.6 Å². The number of nitriles is 1. The molecule has 0 aliphatic heterocycles. The van der Waals surface area contributed by atoms with Gasteiger partial charge in [-0.25, -0.2) is 0 Å². The van der Waals surface area contributed by atoms with Crippen LogP contribution in [0.1, 0.15) is 28.4 Å². The lowest BCUT2D eigenvalue weighted by Gasteiger charge is -2.19. The van der Waals surface area contributed by atoms with E-state index < -0.39 is 23.3 Å². The number of aromatic hydroxyl groups is 1. The maximum atomic E-state index is 13.0. The Morgan fingerprint density at radius 2 is 2.07 bits per heavy atom. The van der Waals surface area contributed by atoms with Crippen LogP contribution in [0.4, 0.5) is 0 Å². The van der Waals surface area contributed by atoms with Gasteiger partial charge in [0.2, 0.25) is 11.7 Å². The highest BCUT2D eigenvalue weighted by Gasteiger charge is 2.28. The van der Waals surface area contributed by atoms with Crippen molar-refractivity contribution in [2.75, 3.05) is 13.7 Å². The Labute approximate surface area is 171 Å². The third-order valence-corrected chi connectivity index (χ3v) is 4.66. The number of carbonyl (C=O) groups is 1. The van der Waals surface area contributed by atoms with Crippen LogP contribution in [-0.2, 0) is 11.3 Å². The summed E-state index contributed by atoms with van der Waals surface area (Å²) >= 11 is 11.9. The predicted octanol–water partition coefficient (Wildman–Crippen LogP) is 3.34. The number of Topliss-reactive ketones (excluding diaryl/α,β-unsaturated/α-hetero) is 1. The van der Waals surface area contributed by atoms with E-state index in [2.05, 4.69) is 0 Å². The Hall–Kier alpha value is -2.53. The number of hydrogen-bond acceptors (Lipinski definition) is 6. The summed E-state index contributed by atoms with van der Waals surface area (Å²) in [5, 5.41) is 20.5. The van der Waals surface area contributed by atoms with Crippen molar-refractivity contribution in [3.05, 3.63) is 55.3 Å². The Morgan fingerprint density at radius 3 is 2.64 bits per heavy atom. The van der Waals surface area contributed by atoms with E-state index in [1.807, 2.05) is 0 Å². The van der Waals surface area contributed by atoms with Crippen molar-refractivity contribution in [2.45, 2.75) is 26.5 Å². The van der Waals surface area contributed by atoms with Crippen LogP contribution in [0.2, 0.25) is 10.0 Å². The quantitative estimate of drug-likeness (QED) is 0.683. The van der Waals surface area contributed by atoms with E-state index in [-0.39, 0.29) is 40.6 Å². The first-order chi connectivity index (χ1) is 13.2. The Bertz CT molecular complexity index is 1010. The normalized spacial score (nSPS) is 11.7. The molecule has 0 amide bonds. The van der Waals surface area contributed by atoms with E-state index in [1.54, 1.807) is 12.1 Å². The van der Waals surface area contributed by atoms with Crippen LogP contribution in [0, 0.1) is 18.3 Å². The summed E-state index contributed by atoms with van der Waals surface area (Å²) in [4.78, 5) is 25.4. The van der Waals surface area contributed by atoms with Crippen molar-refractivity contribution in [3.8, 4) is 17.7 Å². The van der Waals surface area contributed by atoms with Crippen LogP contribution in [-0.4, -0.2) is 35.3 Å². The molecule has 1 heterocycles. The van der Waals surface area contributed by atoms with E-state index in [1.165, 1.54) is 33.1 Å². The number of aromatic nitrogens is 1. The molecule has 0 bridgehead atoms. The number of methoxy groups -OCH3 is 1. The molecule has 2 aromatic rings. The van der Waals surface area contributed by atoms with Gasteiger partial charge in [-0.3, -0.25) is 14.2 Å². The number of hydrogen-bond donors (Lipinski definition) is 1. The predicted molar refractivity (Wildman–Crippen MR) is 105 cm³/mol. The molecule has 148 valence electrons. The lowest BCUT2D eigenvalue weighted by atomic mass is 9.99. The Balaban J connectivity index is 2.48. The number of nitrogens with zero attached hydrogens (tertiary/aromatic N) is 2. The topological polar surface area (TPSA) is 102 Å². The standard InChI is InChI=1S/C19H18Cl2N2O5/c1-10-13(9-22)18(25)23(6-7-27-3)19(26)16(10)17(24)11(2)28-15-5-4-12(20)8-14(15)21/h4-5,8,11,26H,6-7H2,1-3H3. The van der Waals surface area contributed by atoms with Gasteiger partial charge in [0.05, 0.1) is 23.7 Å². The number of ketones is 1. The molecule has 2 rings (SSSR count). The molecule has 0 radical (unpaired) electrons. The zero-order chi connectivity index (χ0) is 21.0. The Morgan fingerprint density at radius 1 is 1.39 bits per heavy atom. The number of rotatable bonds is 7. The minimum atomic E-state index is -1.05. The molecule has 0 saturated carbocycles. The van der Waals surface area contributed by atoms with Crippen LogP contribution >= 0.6 is 23.2 Å². The average molecular weight is 425 g/mol. The first kappa shape index (κ1) is 21.8. The molecule has 0 spiro atoms. The average Bonchev–Trinajstić information content (AvgIpc) is 2.64. The molecule has 1 unspecified atom stereocenters. The second kappa shape index (κ2) is 9.11. The molecule has 7 nitrogen and oxygen atoms in total. The summed E-state index contributed by atoms with van der Waals surface area (Å²) in [6, 6.07) is 6.33. The molecule has 0 saturated heterocycles. The summed E-state index contributed by atoms with van der Waals surface area (Å²) in [5.41, 5.74) is -0.999. The van der Waals surface area contributed by atoms with Crippen LogP contribution in [0.3, 0.4) is 0 Å². The number of benzene rings is 1. The fourth-order valence-corrected chi connectivity index (χ4v) is 3.11. The minimum Gasteiger partial charge on any atom is -0.494 e. The first-order valence-electron chi connectivity index (χ1n) is 8.24. The van der Waals surface area contributed by atoms with Crippen LogP contribution < -0.4 is 10.3 Å². The van der Waals surface area contributed by atoms with Gasteiger partial charge in [-0.1, -0.05) is 23.2 Å². The molecule has 1 N–H and O–H groups in total. The van der Waals surface area contributed by atoms with Crippen molar-refractivity contribution in [3.63, 3.8) is 0 Å². The van der Waals surface area contributed by atoms with Crippen molar-refractivity contribution < 1.29 is 19.4 Å². The number of halogens is 2. The highest BCUT2D eigenvalue weighted by molar-refractivity contribution is 6.35. The largest absolute Gasteiger partial charge is 0.494 e. The van der Waals surface area contributed by atoms with Gasteiger partial charge < -0.3 is 14.6 Å². The van der Waals surface area contributed by atoms with Crippen LogP contribution in [0.25, 0.3) is 0 Å². The highest BCUT2D eigenvalue weighted by atomic mass is 35.5. The SMILES string of the molecule is COCCn1c(O)c(C(=O)C(C)Oc2ccc(Cl)cc2Cl)c(C)c(C#N)c1=O. The van der Waals surface area contributed by atoms with Gasteiger partial charge in [-0.15, -0.1) is 0 Å². The van der Waals surface area contributed by atoms with Gasteiger partial charge in [0, 0.05) is 12.1 Å². The number of ether oxygens (including phenoxy) is 2. The summed E-state index contributed by atoms with van der Waals surface area (Å²) in [6.07, 6.45) is -1.05. The molecule has 9 heteroatoms. The molecule has 1 atom stereocenters. The maximum absolute atomic E-state index is 13.0. The maximum Gasteiger partial charge on any atom is 0.271 e. The molecule has 0 fully saturated rings. The molecular weight excluding hydrogens is 407 g/mol. The van der Waals surface area contributed by atoms with E-state index in [4.69, 9.17) is 32.7 Å². The molecule has 1 aromatic carbocycles. The van der Waals surface area contributed by atoms with Gasteiger partial charge >= 0.3 is 0 Å². The van der Waals surface area contributed by atoms with Crippen molar-refractivity contribution in [2.24, 2.45) is 0 Å². The second-order valence-corrected chi connectivity index (χ2v) is 6.80. The van der Waals surface area contributed by atoms with E-state index in [0.717, 1.165) is 4.57 Å². The Kier molecular flexibility index (Phi) is 7.08. The first-order valence-corrected chi connectivity index (χ1v) is 8.99. The van der Waals surface area contributed by atoms with Crippen molar-refractivity contribution in [1.29, 1.82) is 5.26 Å². The third kappa shape index (κ3) is 4.30. The molecule has 0 aliphatic carbocycles. The van der Waals surface area contributed by atoms with E-state index >= 15 is 0 Å².